The molecule has 0 aliphatic rings. The van der Waals surface area contributed by atoms with Crippen LogP contribution in [0.25, 0.3) is 0 Å². The number of nitrogens with one attached hydrogen (secondary N) is 2. The summed E-state index contributed by atoms with van der Waals surface area (Å²) in [5.41, 5.74) is 6.92. The second-order valence-electron chi connectivity index (χ2n) is 6.04. The van der Waals surface area contributed by atoms with E-state index in [-0.39, 0.29) is 5.92 Å². The Balaban J connectivity index is 2.67. The van der Waals surface area contributed by atoms with Crippen LogP contribution in [0.15, 0.2) is 18.2 Å². The first-order chi connectivity index (χ1) is 11.4. The minimum absolute atomic E-state index is 0.0244. The van der Waals surface area contributed by atoms with Crippen molar-refractivity contribution in [3.05, 3.63) is 23.8 Å². The highest BCUT2D eigenvalue weighted by atomic mass is 16.5. The summed E-state index contributed by atoms with van der Waals surface area (Å²) in [6.07, 6.45) is 2.83. The van der Waals surface area contributed by atoms with E-state index in [1.807, 2.05) is 32.9 Å². The summed E-state index contributed by atoms with van der Waals surface area (Å²) in [4.78, 5) is 23.6. The number of nitrogens with two attached hydrogens (primary N) is 1. The predicted octanol–water partition coefficient (Wildman–Crippen LogP) is 3.20. The number of amides is 3. The Morgan fingerprint density at radius 3 is 2.54 bits per heavy atom. The number of anilines is 1. The molecule has 0 saturated heterocycles. The highest BCUT2D eigenvalue weighted by Crippen LogP contribution is 2.21. The van der Waals surface area contributed by atoms with Crippen LogP contribution >= 0.6 is 0 Å². The number of aryl methyl sites for hydroxylation is 1. The Kier molecular flexibility index (Phi) is 8.09. The van der Waals surface area contributed by atoms with Crippen LogP contribution < -0.4 is 21.1 Å². The first-order valence-electron chi connectivity index (χ1n) is 8.49. The second-order valence-corrected chi connectivity index (χ2v) is 6.04. The third kappa shape index (κ3) is 6.10. The van der Waals surface area contributed by atoms with Crippen molar-refractivity contribution in [3.63, 3.8) is 0 Å². The Hall–Kier alpha value is -2.24. The van der Waals surface area contributed by atoms with E-state index in [0.29, 0.717) is 12.3 Å². The van der Waals surface area contributed by atoms with Gasteiger partial charge in [-0.1, -0.05) is 33.6 Å². The Bertz CT molecular complexity index is 560. The molecule has 0 saturated carbocycles. The molecule has 0 aliphatic heterocycles. The lowest BCUT2D eigenvalue weighted by atomic mass is 9.99. The van der Waals surface area contributed by atoms with Gasteiger partial charge in [0.15, 0.2) is 0 Å². The molecule has 24 heavy (non-hydrogen) atoms. The predicted molar refractivity (Wildman–Crippen MR) is 96.2 cm³/mol. The third-order valence-electron chi connectivity index (χ3n) is 4.02. The van der Waals surface area contributed by atoms with Gasteiger partial charge in [-0.05, 0) is 43.0 Å². The summed E-state index contributed by atoms with van der Waals surface area (Å²) in [6, 6.07) is 4.36. The number of ether oxygens (including phenoxy) is 1. The van der Waals surface area contributed by atoms with Gasteiger partial charge < -0.3 is 21.1 Å². The zero-order valence-electron chi connectivity index (χ0n) is 15.0. The fourth-order valence-electron chi connectivity index (χ4n) is 2.23. The van der Waals surface area contributed by atoms with Crippen LogP contribution in [0.5, 0.6) is 5.75 Å². The number of hydrogen-bond acceptors (Lipinski definition) is 3. The Labute approximate surface area is 144 Å². The number of rotatable bonds is 9. The lowest BCUT2D eigenvalue weighted by molar-refractivity contribution is -0.120. The summed E-state index contributed by atoms with van der Waals surface area (Å²) in [5, 5.41) is 5.40. The molecule has 1 rings (SSSR count). The van der Waals surface area contributed by atoms with Crippen LogP contribution in [0, 0.1) is 12.8 Å². The van der Waals surface area contributed by atoms with E-state index in [0.717, 1.165) is 30.6 Å². The third-order valence-corrected chi connectivity index (χ3v) is 4.02. The maximum Gasteiger partial charge on any atom is 0.319 e. The van der Waals surface area contributed by atoms with Crippen molar-refractivity contribution in [2.45, 2.75) is 53.0 Å². The molecule has 4 N–H and O–H groups in total. The number of unbranched alkanes of at least 4 members (excludes halogenated alkanes) is 1. The molecule has 6 nitrogen and oxygen atoms in total. The van der Waals surface area contributed by atoms with Gasteiger partial charge in [-0.25, -0.2) is 4.79 Å². The minimum Gasteiger partial charge on any atom is -0.494 e. The summed E-state index contributed by atoms with van der Waals surface area (Å²) < 4.78 is 5.64. The van der Waals surface area contributed by atoms with Crippen LogP contribution in [-0.4, -0.2) is 24.6 Å². The van der Waals surface area contributed by atoms with Gasteiger partial charge in [0.25, 0.3) is 0 Å². The average molecular weight is 335 g/mol. The quantitative estimate of drug-likeness (QED) is 0.605. The van der Waals surface area contributed by atoms with Gasteiger partial charge in [0.1, 0.15) is 11.8 Å². The van der Waals surface area contributed by atoms with Crippen LogP contribution in [0.3, 0.4) is 0 Å². The molecule has 0 spiro atoms. The van der Waals surface area contributed by atoms with Crippen LogP contribution in [-0.2, 0) is 4.79 Å². The fourth-order valence-corrected chi connectivity index (χ4v) is 2.23. The molecule has 3 amide bonds. The molecule has 6 heteroatoms. The topological polar surface area (TPSA) is 93.4 Å². The molecule has 0 aliphatic carbocycles. The van der Waals surface area contributed by atoms with Crippen LogP contribution in [0.4, 0.5) is 10.5 Å². The highest BCUT2D eigenvalue weighted by Gasteiger charge is 2.23. The van der Waals surface area contributed by atoms with Crippen molar-refractivity contribution in [1.29, 1.82) is 0 Å². The second kappa shape index (κ2) is 9.80. The number of urea groups is 1. The van der Waals surface area contributed by atoms with Crippen molar-refractivity contribution in [2.75, 3.05) is 11.9 Å². The van der Waals surface area contributed by atoms with E-state index in [2.05, 4.69) is 17.6 Å². The number of benzene rings is 1. The summed E-state index contributed by atoms with van der Waals surface area (Å²) >= 11 is 0. The zero-order valence-corrected chi connectivity index (χ0v) is 15.0. The van der Waals surface area contributed by atoms with E-state index >= 15 is 0 Å². The van der Waals surface area contributed by atoms with E-state index in [1.165, 1.54) is 0 Å². The van der Waals surface area contributed by atoms with Gasteiger partial charge in [0.05, 0.1) is 6.61 Å². The van der Waals surface area contributed by atoms with E-state index in [9.17, 15) is 9.59 Å². The molecular formula is C18H29N3O3. The summed E-state index contributed by atoms with van der Waals surface area (Å²) in [7, 11) is 0. The van der Waals surface area contributed by atoms with Crippen LogP contribution in [0.1, 0.15) is 45.6 Å². The number of carbonyl (C=O) groups excluding carboxylic acids is 2. The van der Waals surface area contributed by atoms with Crippen molar-refractivity contribution in [3.8, 4) is 5.75 Å². The summed E-state index contributed by atoms with van der Waals surface area (Å²) in [5.74, 6) is 0.223. The van der Waals surface area contributed by atoms with E-state index in [4.69, 9.17) is 10.5 Å². The van der Waals surface area contributed by atoms with Gasteiger partial charge in [-0.2, -0.15) is 0 Å². The SMILES string of the molecule is CCCCOc1ccc(NC(=O)N[C@H](C(N)=O)[C@@H](C)CC)c(C)c1. The van der Waals surface area contributed by atoms with Gasteiger partial charge in [0.2, 0.25) is 5.91 Å². The van der Waals surface area contributed by atoms with Crippen molar-refractivity contribution in [1.82, 2.24) is 5.32 Å². The maximum absolute atomic E-state index is 12.1. The smallest absolute Gasteiger partial charge is 0.319 e. The monoisotopic (exact) mass is 335 g/mol. The largest absolute Gasteiger partial charge is 0.494 e. The molecule has 1 aromatic carbocycles. The van der Waals surface area contributed by atoms with Crippen LogP contribution in [0.2, 0.25) is 0 Å². The molecule has 0 unspecified atom stereocenters. The lowest BCUT2D eigenvalue weighted by Gasteiger charge is -2.21. The lowest BCUT2D eigenvalue weighted by Crippen LogP contribution is -2.49. The highest BCUT2D eigenvalue weighted by molar-refractivity contribution is 5.94. The molecule has 0 aromatic heterocycles. The van der Waals surface area contributed by atoms with E-state index < -0.39 is 18.0 Å². The molecule has 0 bridgehead atoms. The van der Waals surface area contributed by atoms with Crippen molar-refractivity contribution >= 4 is 17.6 Å². The van der Waals surface area contributed by atoms with E-state index in [1.54, 1.807) is 6.07 Å². The van der Waals surface area contributed by atoms with Gasteiger partial charge in [-0.3, -0.25) is 4.79 Å². The fraction of sp³-hybridized carbons (Fsp3) is 0.556. The normalized spacial score (nSPS) is 13.0. The number of hydrogen-bond donors (Lipinski definition) is 3. The Morgan fingerprint density at radius 2 is 2.00 bits per heavy atom. The van der Waals surface area contributed by atoms with Crippen molar-refractivity contribution < 1.29 is 14.3 Å². The molecule has 0 heterocycles. The van der Waals surface area contributed by atoms with Crippen molar-refractivity contribution in [2.24, 2.45) is 11.7 Å². The first-order valence-corrected chi connectivity index (χ1v) is 8.49. The number of primary amides is 1. The molecule has 1 aromatic rings. The first kappa shape index (κ1) is 19.8. The zero-order chi connectivity index (χ0) is 18.1. The standard InChI is InChI=1S/C18H29N3O3/c1-5-7-10-24-14-8-9-15(13(4)11-14)20-18(23)21-16(17(19)22)12(3)6-2/h8-9,11-12,16H,5-7,10H2,1-4H3,(H2,19,22)(H2,20,21,23)/t12-,16-/m0/s1. The average Bonchev–Trinajstić information content (AvgIpc) is 2.54. The number of carbonyl (C=O) groups is 2. The molecular weight excluding hydrogens is 306 g/mol. The molecule has 0 radical (unpaired) electrons. The Morgan fingerprint density at radius 1 is 1.29 bits per heavy atom. The van der Waals surface area contributed by atoms with Gasteiger partial charge >= 0.3 is 6.03 Å². The molecule has 2 atom stereocenters. The molecule has 0 fully saturated rings. The van der Waals surface area contributed by atoms with Gasteiger partial charge in [-0.15, -0.1) is 0 Å². The maximum atomic E-state index is 12.1. The minimum atomic E-state index is -0.688. The summed E-state index contributed by atoms with van der Waals surface area (Å²) in [6.45, 7) is 8.50. The molecule has 134 valence electrons. The van der Waals surface area contributed by atoms with Gasteiger partial charge in [0, 0.05) is 5.69 Å².